The van der Waals surface area contributed by atoms with Crippen LogP contribution in [0.3, 0.4) is 0 Å². The van der Waals surface area contributed by atoms with Gasteiger partial charge in [0.2, 0.25) is 0 Å². The van der Waals surface area contributed by atoms with Crippen molar-refractivity contribution in [3.05, 3.63) is 0 Å². The maximum Gasteiger partial charge on any atom is 0.341 e. The molecule has 0 rings (SSSR count). The van der Waals surface area contributed by atoms with Crippen molar-refractivity contribution in [3.8, 4) is 0 Å². The predicted octanol–water partition coefficient (Wildman–Crippen LogP) is -1.74. The van der Waals surface area contributed by atoms with Crippen LogP contribution in [0.2, 0.25) is 0 Å². The van der Waals surface area contributed by atoms with Crippen molar-refractivity contribution >= 4 is 23.9 Å². The Bertz CT molecular complexity index is 328. The summed E-state index contributed by atoms with van der Waals surface area (Å²) in [5.41, 5.74) is 5.00. The Morgan fingerprint density at radius 3 is 1.70 bits per heavy atom. The Hall–Kier alpha value is -2.20. The van der Waals surface area contributed by atoms with Crippen molar-refractivity contribution in [2.24, 2.45) is 5.73 Å². The van der Waals surface area contributed by atoms with Crippen LogP contribution in [-0.2, 0) is 23.9 Å². The minimum Gasteiger partial charge on any atom is -0.481 e. The largest absolute Gasteiger partial charge is 0.481 e. The summed E-state index contributed by atoms with van der Waals surface area (Å²) in [5.74, 6) is -4.15. The third-order valence-electron chi connectivity index (χ3n) is 1.58. The quantitative estimate of drug-likeness (QED) is 0.322. The topological polar surface area (TPSA) is 184 Å². The molecule has 10 nitrogen and oxygen atoms in total. The Labute approximate surface area is 113 Å². The van der Waals surface area contributed by atoms with Crippen LogP contribution in [0.1, 0.15) is 19.3 Å². The van der Waals surface area contributed by atoms with Crippen LogP contribution in [0.15, 0.2) is 0 Å². The summed E-state index contributed by atoms with van der Waals surface area (Å²) in [6.07, 6.45) is -1.83. The average molecular weight is 295 g/mol. The van der Waals surface area contributed by atoms with Gasteiger partial charge in [-0.25, -0.2) is 4.79 Å². The van der Waals surface area contributed by atoms with Crippen molar-refractivity contribution in [1.29, 1.82) is 0 Å². The first-order valence-corrected chi connectivity index (χ1v) is 5.38. The van der Waals surface area contributed by atoms with E-state index in [4.69, 9.17) is 26.2 Å². The molecule has 0 saturated carbocycles. The van der Waals surface area contributed by atoms with E-state index in [0.717, 1.165) is 0 Å². The molecule has 1 unspecified atom stereocenters. The minimum absolute atomic E-state index is 0.0534. The van der Waals surface area contributed by atoms with E-state index in [2.05, 4.69) is 4.74 Å². The van der Waals surface area contributed by atoms with E-state index >= 15 is 0 Å². The number of carbonyl (C=O) groups is 4. The van der Waals surface area contributed by atoms with Crippen LogP contribution in [0, 0.1) is 0 Å². The first-order valence-electron chi connectivity index (χ1n) is 5.38. The Morgan fingerprint density at radius 2 is 1.40 bits per heavy atom. The maximum atomic E-state index is 10.6. The van der Waals surface area contributed by atoms with Crippen LogP contribution in [0.25, 0.3) is 0 Å². The van der Waals surface area contributed by atoms with Crippen molar-refractivity contribution in [3.63, 3.8) is 0 Å². The van der Waals surface area contributed by atoms with Gasteiger partial charge in [0, 0.05) is 6.54 Å². The number of aliphatic carboxylic acids is 3. The van der Waals surface area contributed by atoms with E-state index in [9.17, 15) is 19.2 Å². The van der Waals surface area contributed by atoms with Crippen molar-refractivity contribution in [2.45, 2.75) is 25.4 Å². The number of carbonyl (C=O) groups excluding carboxylic acids is 1. The molecule has 1 atom stereocenters. The molecule has 0 heterocycles. The number of hydrogen-bond donors (Lipinski definition) is 5. The molecule has 10 heteroatoms. The Kier molecular flexibility index (Phi) is 11.9. The van der Waals surface area contributed by atoms with E-state index in [-0.39, 0.29) is 25.8 Å². The standard InChI is InChI=1S/C6H11NO5.C4H6O4/c7-2-4(8)1-6(11)12-3-5(9)10;5-3(6)1-2-4(7)8/h4,8H,1-3,7H2,(H,9,10);1-2H2,(H,5,6)(H,7,8). The van der Waals surface area contributed by atoms with Gasteiger partial charge >= 0.3 is 23.9 Å². The number of rotatable bonds is 8. The summed E-state index contributed by atoms with van der Waals surface area (Å²) in [4.78, 5) is 39.8. The van der Waals surface area contributed by atoms with Crippen LogP contribution < -0.4 is 5.73 Å². The van der Waals surface area contributed by atoms with E-state index in [1.54, 1.807) is 0 Å². The van der Waals surface area contributed by atoms with Gasteiger partial charge in [-0.1, -0.05) is 0 Å². The van der Waals surface area contributed by atoms with Gasteiger partial charge in [-0.15, -0.1) is 0 Å². The van der Waals surface area contributed by atoms with Gasteiger partial charge in [0.25, 0.3) is 0 Å². The molecule has 0 radical (unpaired) electrons. The molecule has 6 N–H and O–H groups in total. The number of hydrogen-bond acceptors (Lipinski definition) is 7. The fourth-order valence-electron chi connectivity index (χ4n) is 0.691. The van der Waals surface area contributed by atoms with Crippen LogP contribution in [0.4, 0.5) is 0 Å². The number of aliphatic hydroxyl groups is 1. The lowest BCUT2D eigenvalue weighted by Crippen LogP contribution is -2.25. The summed E-state index contributed by atoms with van der Waals surface area (Å²) < 4.78 is 4.22. The van der Waals surface area contributed by atoms with E-state index < -0.39 is 36.6 Å². The highest BCUT2D eigenvalue weighted by atomic mass is 16.5. The predicted molar refractivity (Wildman–Crippen MR) is 62.8 cm³/mol. The molecule has 0 aromatic heterocycles. The first kappa shape index (κ1) is 20.1. The van der Waals surface area contributed by atoms with Gasteiger partial charge in [-0.05, 0) is 0 Å². The lowest BCUT2D eigenvalue weighted by molar-refractivity contribution is -0.156. The second-order valence-electron chi connectivity index (χ2n) is 3.44. The fraction of sp³-hybridized carbons (Fsp3) is 0.600. The third kappa shape index (κ3) is 18.2. The van der Waals surface area contributed by atoms with E-state index in [1.165, 1.54) is 0 Å². The fourth-order valence-corrected chi connectivity index (χ4v) is 0.691. The molecule has 0 spiro atoms. The lowest BCUT2D eigenvalue weighted by Gasteiger charge is -2.05. The number of carboxylic acid groups (broad SMARTS) is 3. The molecule has 0 aromatic rings. The zero-order chi connectivity index (χ0) is 16.1. The molecule has 0 aliphatic carbocycles. The van der Waals surface area contributed by atoms with Crippen LogP contribution in [0.5, 0.6) is 0 Å². The lowest BCUT2D eigenvalue weighted by atomic mass is 10.2. The highest BCUT2D eigenvalue weighted by molar-refractivity contribution is 5.75. The first-order chi connectivity index (χ1) is 9.18. The summed E-state index contributed by atoms with van der Waals surface area (Å²) in [7, 11) is 0. The molecule has 0 amide bonds. The van der Waals surface area contributed by atoms with Crippen LogP contribution in [-0.4, -0.2) is 63.6 Å². The Balaban J connectivity index is 0. The van der Waals surface area contributed by atoms with Gasteiger partial charge in [0.05, 0.1) is 25.4 Å². The molecule has 0 aliphatic heterocycles. The summed E-state index contributed by atoms with van der Waals surface area (Å²) in [6, 6.07) is 0. The average Bonchev–Trinajstić information content (AvgIpc) is 2.34. The summed E-state index contributed by atoms with van der Waals surface area (Å²) in [6.45, 7) is -0.738. The van der Waals surface area contributed by atoms with Gasteiger partial charge in [-0.2, -0.15) is 0 Å². The zero-order valence-corrected chi connectivity index (χ0v) is 10.5. The van der Waals surface area contributed by atoms with E-state index in [0.29, 0.717) is 0 Å². The Morgan fingerprint density at radius 1 is 0.950 bits per heavy atom. The van der Waals surface area contributed by atoms with Gasteiger partial charge < -0.3 is 30.9 Å². The minimum atomic E-state index is -1.23. The normalized spacial score (nSPS) is 10.7. The number of aliphatic hydroxyl groups excluding tert-OH is 1. The van der Waals surface area contributed by atoms with Crippen molar-refractivity contribution in [2.75, 3.05) is 13.2 Å². The van der Waals surface area contributed by atoms with E-state index in [1.807, 2.05) is 0 Å². The molecule has 0 aromatic carbocycles. The maximum absolute atomic E-state index is 10.6. The van der Waals surface area contributed by atoms with Gasteiger partial charge in [0.1, 0.15) is 0 Å². The second-order valence-corrected chi connectivity index (χ2v) is 3.44. The third-order valence-corrected chi connectivity index (χ3v) is 1.58. The second kappa shape index (κ2) is 11.9. The highest BCUT2D eigenvalue weighted by Gasteiger charge is 2.11. The van der Waals surface area contributed by atoms with Gasteiger partial charge in [-0.3, -0.25) is 14.4 Å². The molecule has 20 heavy (non-hydrogen) atoms. The molecular weight excluding hydrogens is 278 g/mol. The smallest absolute Gasteiger partial charge is 0.341 e. The number of carboxylic acids is 3. The number of esters is 1. The molecule has 0 bridgehead atoms. The van der Waals surface area contributed by atoms with Crippen LogP contribution >= 0.6 is 0 Å². The molecular formula is C10H17NO9. The van der Waals surface area contributed by atoms with Crippen molar-refractivity contribution < 1.29 is 44.3 Å². The summed E-state index contributed by atoms with van der Waals surface area (Å²) in [5, 5.41) is 32.7. The van der Waals surface area contributed by atoms with Crippen molar-refractivity contribution in [1.82, 2.24) is 0 Å². The highest BCUT2D eigenvalue weighted by Crippen LogP contribution is 1.92. The monoisotopic (exact) mass is 295 g/mol. The summed E-state index contributed by atoms with van der Waals surface area (Å²) >= 11 is 0. The number of ether oxygens (including phenoxy) is 1. The zero-order valence-electron chi connectivity index (χ0n) is 10.5. The molecule has 116 valence electrons. The molecule has 0 fully saturated rings. The molecule has 0 saturated heterocycles. The number of nitrogens with two attached hydrogens (primary N) is 1. The van der Waals surface area contributed by atoms with Gasteiger partial charge in [0.15, 0.2) is 6.61 Å². The molecule has 0 aliphatic rings. The SMILES string of the molecule is NCC(O)CC(=O)OCC(=O)O.O=C(O)CCC(=O)O.